The van der Waals surface area contributed by atoms with Gasteiger partial charge in [0.1, 0.15) is 34.8 Å². The van der Waals surface area contributed by atoms with Crippen LogP contribution in [0.25, 0.3) is 0 Å². The molecule has 0 bridgehead atoms. The maximum atomic E-state index is 15.9. The molecule has 0 N–H and O–H groups in total. The molecular formula is C30H35F2N3O7S2. The van der Waals surface area contributed by atoms with E-state index in [1.807, 2.05) is 0 Å². The Hall–Kier alpha value is -3.91. The largest absolute Gasteiger partial charge is 0.497 e. The van der Waals surface area contributed by atoms with Gasteiger partial charge >= 0.3 is 6.09 Å². The number of methoxy groups -OCH3 is 2. The number of aromatic nitrogens is 1. The number of halogens is 2. The van der Waals surface area contributed by atoms with E-state index in [1.54, 1.807) is 57.4 Å². The van der Waals surface area contributed by atoms with E-state index in [-0.39, 0.29) is 29.5 Å². The minimum Gasteiger partial charge on any atom is -0.497 e. The monoisotopic (exact) mass is 651 g/mol. The van der Waals surface area contributed by atoms with Crippen molar-refractivity contribution in [2.45, 2.75) is 57.8 Å². The van der Waals surface area contributed by atoms with E-state index in [0.717, 1.165) is 27.3 Å². The Bertz CT molecular complexity index is 1660. The van der Waals surface area contributed by atoms with Crippen molar-refractivity contribution in [3.8, 4) is 17.2 Å². The molecule has 1 atom stereocenters. The molecule has 1 aromatic heterocycles. The fraction of sp³-hybridized carbons (Fsp3) is 0.400. The highest BCUT2D eigenvalue weighted by atomic mass is 32.2. The lowest BCUT2D eigenvalue weighted by Crippen LogP contribution is -2.45. The molecule has 2 heterocycles. The second-order valence-electron chi connectivity index (χ2n) is 11.2. The molecule has 0 saturated heterocycles. The van der Waals surface area contributed by atoms with Gasteiger partial charge < -0.3 is 23.8 Å². The van der Waals surface area contributed by atoms with Gasteiger partial charge in [0.15, 0.2) is 15.8 Å². The first-order chi connectivity index (χ1) is 20.6. The zero-order valence-electron chi connectivity index (χ0n) is 25.5. The van der Waals surface area contributed by atoms with Gasteiger partial charge in [0, 0.05) is 41.4 Å². The van der Waals surface area contributed by atoms with Gasteiger partial charge in [0.25, 0.3) is 10.0 Å². The summed E-state index contributed by atoms with van der Waals surface area (Å²) < 4.78 is 82.4. The van der Waals surface area contributed by atoms with Crippen molar-refractivity contribution in [1.29, 1.82) is 0 Å². The van der Waals surface area contributed by atoms with Crippen LogP contribution in [0.4, 0.5) is 18.7 Å². The van der Waals surface area contributed by atoms with Crippen molar-refractivity contribution in [3.05, 3.63) is 70.3 Å². The fourth-order valence-electron chi connectivity index (χ4n) is 4.58. The summed E-state index contributed by atoms with van der Waals surface area (Å²) in [5, 5.41) is 1.56. The van der Waals surface area contributed by atoms with Crippen LogP contribution in [-0.4, -0.2) is 63.4 Å². The van der Waals surface area contributed by atoms with E-state index in [1.165, 1.54) is 32.2 Å². The molecule has 0 spiro atoms. The Morgan fingerprint density at radius 2 is 1.86 bits per heavy atom. The smallest absolute Gasteiger partial charge is 0.410 e. The van der Waals surface area contributed by atoms with Gasteiger partial charge in [-0.25, -0.2) is 31.3 Å². The summed E-state index contributed by atoms with van der Waals surface area (Å²) in [6.07, 6.45) is 1.83. The lowest BCUT2D eigenvalue weighted by atomic mass is 10.1. The SMILES string of the molecule is COc1ccc(CN(c2nccs2)S(=O)(=O)c2c(F)cc(O[C@H]3C=C(C)CN(C(=O)OC(C)(C)C)C3)c(C)c2F)c(OC)c1. The van der Waals surface area contributed by atoms with Crippen LogP contribution in [0.3, 0.4) is 0 Å². The van der Waals surface area contributed by atoms with E-state index in [2.05, 4.69) is 4.98 Å². The van der Waals surface area contributed by atoms with Crippen LogP contribution in [0.5, 0.6) is 17.2 Å². The van der Waals surface area contributed by atoms with Crippen LogP contribution in [0.1, 0.15) is 38.8 Å². The van der Waals surface area contributed by atoms with E-state index in [9.17, 15) is 13.2 Å². The minimum atomic E-state index is -4.84. The van der Waals surface area contributed by atoms with E-state index >= 15 is 8.78 Å². The number of carbonyl (C=O) groups is 1. The van der Waals surface area contributed by atoms with Gasteiger partial charge in [0.05, 0.1) is 27.3 Å². The maximum Gasteiger partial charge on any atom is 0.410 e. The number of ether oxygens (including phenoxy) is 4. The summed E-state index contributed by atoms with van der Waals surface area (Å²) in [4.78, 5) is 17.1. The number of hydrogen-bond donors (Lipinski definition) is 0. The molecule has 44 heavy (non-hydrogen) atoms. The Morgan fingerprint density at radius 1 is 1.14 bits per heavy atom. The van der Waals surface area contributed by atoms with Gasteiger partial charge in [-0.05, 0) is 52.8 Å². The van der Waals surface area contributed by atoms with E-state index in [0.29, 0.717) is 23.6 Å². The molecule has 0 radical (unpaired) electrons. The van der Waals surface area contributed by atoms with Crippen molar-refractivity contribution in [1.82, 2.24) is 9.88 Å². The normalized spacial score (nSPS) is 15.4. The maximum absolute atomic E-state index is 15.9. The lowest BCUT2D eigenvalue weighted by molar-refractivity contribution is 0.0196. The Kier molecular flexibility index (Phi) is 9.74. The highest BCUT2D eigenvalue weighted by molar-refractivity contribution is 7.93. The molecular weight excluding hydrogens is 616 g/mol. The molecule has 14 heteroatoms. The number of rotatable bonds is 9. The summed E-state index contributed by atoms with van der Waals surface area (Å²) >= 11 is 0.993. The molecule has 10 nitrogen and oxygen atoms in total. The van der Waals surface area contributed by atoms with Crippen molar-refractivity contribution in [3.63, 3.8) is 0 Å². The lowest BCUT2D eigenvalue weighted by Gasteiger charge is -2.33. The average molecular weight is 652 g/mol. The second-order valence-corrected chi connectivity index (χ2v) is 13.8. The van der Waals surface area contributed by atoms with Gasteiger partial charge in [-0.3, -0.25) is 0 Å². The molecule has 3 aromatic rings. The molecule has 1 aliphatic rings. The van der Waals surface area contributed by atoms with Gasteiger partial charge in [-0.1, -0.05) is 5.57 Å². The molecule has 1 amide bonds. The van der Waals surface area contributed by atoms with Crippen LogP contribution in [0, 0.1) is 18.6 Å². The minimum absolute atomic E-state index is 0.00435. The zero-order valence-corrected chi connectivity index (χ0v) is 27.1. The van der Waals surface area contributed by atoms with Crippen LogP contribution in [0.15, 0.2) is 52.4 Å². The molecule has 0 aliphatic carbocycles. The predicted molar refractivity (Wildman–Crippen MR) is 162 cm³/mol. The fourth-order valence-corrected chi connectivity index (χ4v) is 7.02. The molecule has 0 unspecified atom stereocenters. The third-order valence-electron chi connectivity index (χ3n) is 6.60. The van der Waals surface area contributed by atoms with Gasteiger partial charge in [0.2, 0.25) is 0 Å². The third-order valence-corrected chi connectivity index (χ3v) is 9.29. The van der Waals surface area contributed by atoms with Crippen LogP contribution in [0.2, 0.25) is 0 Å². The van der Waals surface area contributed by atoms with Crippen LogP contribution >= 0.6 is 11.3 Å². The molecule has 0 saturated carbocycles. The molecule has 0 fully saturated rings. The van der Waals surface area contributed by atoms with Crippen LogP contribution in [-0.2, 0) is 21.3 Å². The highest BCUT2D eigenvalue weighted by Gasteiger charge is 2.36. The number of benzene rings is 2. The predicted octanol–water partition coefficient (Wildman–Crippen LogP) is 6.09. The van der Waals surface area contributed by atoms with Crippen molar-refractivity contribution >= 4 is 32.6 Å². The summed E-state index contributed by atoms with van der Waals surface area (Å²) in [6, 6.07) is 5.63. The Labute approximate surface area is 259 Å². The van der Waals surface area contributed by atoms with Gasteiger partial charge in [-0.15, -0.1) is 11.3 Å². The van der Waals surface area contributed by atoms with Crippen LogP contribution < -0.4 is 18.5 Å². The molecule has 1 aliphatic heterocycles. The van der Waals surface area contributed by atoms with E-state index < -0.39 is 44.4 Å². The first-order valence-electron chi connectivity index (χ1n) is 13.6. The second kappa shape index (κ2) is 13.0. The quantitative estimate of drug-likeness (QED) is 0.256. The zero-order chi connectivity index (χ0) is 32.4. The van der Waals surface area contributed by atoms with E-state index in [4.69, 9.17) is 18.9 Å². The first kappa shape index (κ1) is 33.0. The highest BCUT2D eigenvalue weighted by Crippen LogP contribution is 2.37. The van der Waals surface area contributed by atoms with Crippen molar-refractivity contribution in [2.24, 2.45) is 0 Å². The first-order valence-corrected chi connectivity index (χ1v) is 15.9. The standard InChI is InChI=1S/C30H35F2N3O7S2/c1-18-12-22(17-34(15-18)29(36)42-30(3,4)5)41-24-14-23(31)27(26(32)19(24)2)44(37,38)35(28-33-10-11-43-28)16-20-8-9-21(39-6)13-25(20)40-7/h8-14,22H,15-17H2,1-7H3/t22-/m0/s1. The summed E-state index contributed by atoms with van der Waals surface area (Å²) in [6.45, 7) is 8.38. The molecule has 2 aromatic carbocycles. The number of thiazole rings is 1. The summed E-state index contributed by atoms with van der Waals surface area (Å²) in [7, 11) is -1.94. The number of carbonyl (C=O) groups excluding carboxylic acids is 1. The molecule has 238 valence electrons. The van der Waals surface area contributed by atoms with Crippen molar-refractivity contribution in [2.75, 3.05) is 31.6 Å². The number of sulfonamides is 1. The topological polar surface area (TPSA) is 108 Å². The summed E-state index contributed by atoms with van der Waals surface area (Å²) in [5.74, 6) is -2.04. The third kappa shape index (κ3) is 7.24. The Balaban J connectivity index is 1.68. The summed E-state index contributed by atoms with van der Waals surface area (Å²) in [5.41, 5.74) is 0.278. The average Bonchev–Trinajstić information content (AvgIpc) is 3.47. The number of anilines is 1. The number of nitrogens with zero attached hydrogens (tertiary/aromatic N) is 3. The number of hydrogen-bond acceptors (Lipinski definition) is 9. The van der Waals surface area contributed by atoms with Gasteiger partial charge in [-0.2, -0.15) is 0 Å². The Morgan fingerprint density at radius 3 is 2.48 bits per heavy atom. The number of amides is 1. The van der Waals surface area contributed by atoms with Crippen molar-refractivity contribution < 1.29 is 40.9 Å². The molecule has 4 rings (SSSR count).